The molecule has 0 spiro atoms. The van der Waals surface area contributed by atoms with E-state index in [0.29, 0.717) is 30.5 Å². The van der Waals surface area contributed by atoms with Crippen LogP contribution in [0.2, 0.25) is 0 Å². The minimum atomic E-state index is -0.0744. The lowest BCUT2D eigenvalue weighted by molar-refractivity contribution is 0.0191. The second kappa shape index (κ2) is 7.29. The summed E-state index contributed by atoms with van der Waals surface area (Å²) in [6, 6.07) is 11.3. The van der Waals surface area contributed by atoms with Gasteiger partial charge in [-0.15, -0.1) is 0 Å². The van der Waals surface area contributed by atoms with Gasteiger partial charge in [0.05, 0.1) is 46.8 Å². The maximum absolute atomic E-state index is 9.84. The SMILES string of the molecule is COc1cc([C@H]2OCC3C2CO[C@H]3c2ccc(OC)c(OC)c2)ccc1O. The lowest BCUT2D eigenvalue weighted by atomic mass is 9.85. The van der Waals surface area contributed by atoms with Gasteiger partial charge in [0, 0.05) is 11.8 Å². The topological polar surface area (TPSA) is 66.4 Å². The highest BCUT2D eigenvalue weighted by Crippen LogP contribution is 2.51. The molecule has 2 aromatic rings. The maximum atomic E-state index is 9.84. The van der Waals surface area contributed by atoms with E-state index < -0.39 is 0 Å². The van der Waals surface area contributed by atoms with Gasteiger partial charge in [0.2, 0.25) is 0 Å². The van der Waals surface area contributed by atoms with Gasteiger partial charge >= 0.3 is 0 Å². The highest BCUT2D eigenvalue weighted by atomic mass is 16.5. The van der Waals surface area contributed by atoms with E-state index in [1.807, 2.05) is 30.3 Å². The zero-order valence-electron chi connectivity index (χ0n) is 15.7. The summed E-state index contributed by atoms with van der Waals surface area (Å²) in [5.41, 5.74) is 2.06. The van der Waals surface area contributed by atoms with Crippen molar-refractivity contribution < 1.29 is 28.8 Å². The van der Waals surface area contributed by atoms with E-state index in [2.05, 4.69) is 0 Å². The van der Waals surface area contributed by atoms with E-state index in [-0.39, 0.29) is 29.8 Å². The Labute approximate surface area is 158 Å². The number of benzene rings is 2. The molecule has 0 saturated carbocycles. The van der Waals surface area contributed by atoms with Crippen molar-refractivity contribution in [1.29, 1.82) is 0 Å². The third-order valence-electron chi connectivity index (χ3n) is 5.53. The van der Waals surface area contributed by atoms with E-state index in [0.717, 1.165) is 11.1 Å². The van der Waals surface area contributed by atoms with Crippen LogP contribution in [0.1, 0.15) is 23.3 Å². The van der Waals surface area contributed by atoms with E-state index in [9.17, 15) is 5.11 Å². The standard InChI is InChI=1S/C21H24O6/c1-23-17-7-5-13(9-19(17)25-3)21-15-11-26-20(14(15)10-27-21)12-4-6-16(22)18(8-12)24-2/h4-9,14-15,20-22H,10-11H2,1-3H3/t14?,15?,20-,21+/m1/s1. The van der Waals surface area contributed by atoms with Gasteiger partial charge in [-0.3, -0.25) is 0 Å². The van der Waals surface area contributed by atoms with Crippen LogP contribution in [0.15, 0.2) is 36.4 Å². The lowest BCUT2D eigenvalue weighted by Gasteiger charge is -2.18. The number of phenols is 1. The van der Waals surface area contributed by atoms with Gasteiger partial charge < -0.3 is 28.8 Å². The third kappa shape index (κ3) is 3.09. The van der Waals surface area contributed by atoms with Crippen LogP contribution >= 0.6 is 0 Å². The second-order valence-corrected chi connectivity index (χ2v) is 6.88. The minimum absolute atomic E-state index is 0.0428. The van der Waals surface area contributed by atoms with E-state index >= 15 is 0 Å². The number of aromatic hydroxyl groups is 1. The van der Waals surface area contributed by atoms with E-state index in [1.165, 1.54) is 0 Å². The summed E-state index contributed by atoms with van der Waals surface area (Å²) in [6.45, 7) is 1.25. The molecule has 27 heavy (non-hydrogen) atoms. The van der Waals surface area contributed by atoms with Crippen LogP contribution in [0, 0.1) is 11.8 Å². The Kier molecular flexibility index (Phi) is 4.85. The molecule has 0 amide bonds. The molecular formula is C21H24O6. The zero-order valence-corrected chi connectivity index (χ0v) is 15.7. The van der Waals surface area contributed by atoms with Gasteiger partial charge in [0.25, 0.3) is 0 Å². The zero-order chi connectivity index (χ0) is 19.0. The Morgan fingerprint density at radius 1 is 0.741 bits per heavy atom. The molecular weight excluding hydrogens is 348 g/mol. The first kappa shape index (κ1) is 17.9. The van der Waals surface area contributed by atoms with Crippen LogP contribution < -0.4 is 14.2 Å². The van der Waals surface area contributed by atoms with Crippen LogP contribution in [0.3, 0.4) is 0 Å². The lowest BCUT2D eigenvalue weighted by Crippen LogP contribution is -2.14. The Morgan fingerprint density at radius 2 is 1.26 bits per heavy atom. The molecule has 2 fully saturated rings. The third-order valence-corrected chi connectivity index (χ3v) is 5.53. The summed E-state index contributed by atoms with van der Waals surface area (Å²) in [5, 5.41) is 9.84. The first-order valence-corrected chi connectivity index (χ1v) is 8.98. The fourth-order valence-electron chi connectivity index (χ4n) is 4.14. The van der Waals surface area contributed by atoms with Gasteiger partial charge in [-0.25, -0.2) is 0 Å². The van der Waals surface area contributed by atoms with E-state index in [4.69, 9.17) is 23.7 Å². The smallest absolute Gasteiger partial charge is 0.161 e. The largest absolute Gasteiger partial charge is 0.504 e. The summed E-state index contributed by atoms with van der Waals surface area (Å²) < 4.78 is 28.3. The highest BCUT2D eigenvalue weighted by Gasteiger charge is 2.48. The van der Waals surface area contributed by atoms with Crippen molar-refractivity contribution in [3.8, 4) is 23.0 Å². The first-order chi connectivity index (χ1) is 13.2. The van der Waals surface area contributed by atoms with Gasteiger partial charge in [-0.1, -0.05) is 12.1 Å². The summed E-state index contributed by atoms with van der Waals surface area (Å²) in [4.78, 5) is 0. The summed E-state index contributed by atoms with van der Waals surface area (Å²) >= 11 is 0. The molecule has 1 N–H and O–H groups in total. The number of ether oxygens (including phenoxy) is 5. The number of phenolic OH excluding ortho intramolecular Hbond substituents is 1. The van der Waals surface area contributed by atoms with Crippen LogP contribution in [0.25, 0.3) is 0 Å². The average Bonchev–Trinajstić information content (AvgIpc) is 3.30. The molecule has 2 saturated heterocycles. The van der Waals surface area contributed by atoms with Crippen molar-refractivity contribution in [2.45, 2.75) is 12.2 Å². The number of fused-ring (bicyclic) bond motifs is 1. The van der Waals surface area contributed by atoms with Gasteiger partial charge in [-0.05, 0) is 35.4 Å². The summed E-state index contributed by atoms with van der Waals surface area (Å²) in [7, 11) is 4.80. The molecule has 2 aliphatic rings. The molecule has 4 atom stereocenters. The quantitative estimate of drug-likeness (QED) is 0.867. The predicted octanol–water partition coefficient (Wildman–Crippen LogP) is 3.49. The van der Waals surface area contributed by atoms with Crippen molar-refractivity contribution in [3.05, 3.63) is 47.5 Å². The fourth-order valence-corrected chi connectivity index (χ4v) is 4.14. The number of hydrogen-bond acceptors (Lipinski definition) is 6. The van der Waals surface area contributed by atoms with Crippen molar-refractivity contribution in [1.82, 2.24) is 0 Å². The first-order valence-electron chi connectivity index (χ1n) is 8.98. The molecule has 144 valence electrons. The summed E-state index contributed by atoms with van der Waals surface area (Å²) in [5.74, 6) is 2.48. The Morgan fingerprint density at radius 3 is 1.81 bits per heavy atom. The molecule has 6 nitrogen and oxygen atoms in total. The molecule has 2 aliphatic heterocycles. The monoisotopic (exact) mass is 372 g/mol. The Hall–Kier alpha value is -2.44. The van der Waals surface area contributed by atoms with Gasteiger partial charge in [0.1, 0.15) is 0 Å². The molecule has 0 bridgehead atoms. The molecule has 2 aromatic carbocycles. The van der Waals surface area contributed by atoms with Crippen molar-refractivity contribution in [3.63, 3.8) is 0 Å². The van der Waals surface area contributed by atoms with Crippen LogP contribution in [-0.2, 0) is 9.47 Å². The molecule has 0 aromatic heterocycles. The average molecular weight is 372 g/mol. The van der Waals surface area contributed by atoms with Crippen LogP contribution in [0.5, 0.6) is 23.0 Å². The Balaban J connectivity index is 1.57. The van der Waals surface area contributed by atoms with Gasteiger partial charge in [0.15, 0.2) is 23.0 Å². The number of hydrogen-bond donors (Lipinski definition) is 1. The van der Waals surface area contributed by atoms with Crippen molar-refractivity contribution in [2.75, 3.05) is 34.5 Å². The maximum Gasteiger partial charge on any atom is 0.161 e. The van der Waals surface area contributed by atoms with Crippen LogP contribution in [-0.4, -0.2) is 39.6 Å². The normalized spacial score (nSPS) is 26.6. The van der Waals surface area contributed by atoms with Crippen molar-refractivity contribution >= 4 is 0 Å². The summed E-state index contributed by atoms with van der Waals surface area (Å²) in [6.07, 6.45) is -0.117. The number of methoxy groups -OCH3 is 3. The molecule has 0 radical (unpaired) electrons. The minimum Gasteiger partial charge on any atom is -0.504 e. The van der Waals surface area contributed by atoms with Gasteiger partial charge in [-0.2, -0.15) is 0 Å². The van der Waals surface area contributed by atoms with E-state index in [1.54, 1.807) is 27.4 Å². The highest BCUT2D eigenvalue weighted by molar-refractivity contribution is 5.45. The second-order valence-electron chi connectivity index (χ2n) is 6.88. The predicted molar refractivity (Wildman–Crippen MR) is 98.6 cm³/mol. The number of rotatable bonds is 5. The Bertz CT molecular complexity index is 820. The van der Waals surface area contributed by atoms with Crippen molar-refractivity contribution in [2.24, 2.45) is 11.8 Å². The fraction of sp³-hybridized carbons (Fsp3) is 0.429. The molecule has 6 heteroatoms. The molecule has 0 aliphatic carbocycles. The molecule has 2 heterocycles. The molecule has 4 rings (SSSR count). The molecule has 2 unspecified atom stereocenters. The van der Waals surface area contributed by atoms with Crippen LogP contribution in [0.4, 0.5) is 0 Å².